The van der Waals surface area contributed by atoms with Gasteiger partial charge in [-0.2, -0.15) is 0 Å². The summed E-state index contributed by atoms with van der Waals surface area (Å²) in [6.07, 6.45) is 2.30. The first-order chi connectivity index (χ1) is 6.46. The molecule has 1 N–H and O–H groups in total. The van der Waals surface area contributed by atoms with Crippen molar-refractivity contribution < 1.29 is 9.90 Å². The summed E-state index contributed by atoms with van der Waals surface area (Å²) in [4.78, 5) is 13.7. The fraction of sp³-hybridized carbons (Fsp3) is 0.909. The Bertz CT molecular complexity index is 203. The summed E-state index contributed by atoms with van der Waals surface area (Å²) >= 11 is 0. The third-order valence-corrected chi connectivity index (χ3v) is 3.19. The van der Waals surface area contributed by atoms with Gasteiger partial charge in [0.25, 0.3) is 0 Å². The zero-order valence-corrected chi connectivity index (χ0v) is 9.42. The molecule has 14 heavy (non-hydrogen) atoms. The van der Waals surface area contributed by atoms with E-state index in [-0.39, 0.29) is 11.8 Å². The lowest BCUT2D eigenvalue weighted by molar-refractivity contribution is -0.138. The van der Waals surface area contributed by atoms with E-state index in [0.717, 1.165) is 6.42 Å². The molecule has 1 fully saturated rings. The maximum atomic E-state index is 11.8. The number of carbonyl (C=O) groups is 1. The first-order valence-corrected chi connectivity index (χ1v) is 5.47. The molecule has 1 aliphatic rings. The van der Waals surface area contributed by atoms with Crippen LogP contribution in [0, 0.1) is 5.92 Å². The minimum Gasteiger partial charge on any atom is -0.390 e. The monoisotopic (exact) mass is 199 g/mol. The van der Waals surface area contributed by atoms with Crippen molar-refractivity contribution in [3.8, 4) is 0 Å². The van der Waals surface area contributed by atoms with Crippen LogP contribution in [0.25, 0.3) is 0 Å². The molecule has 0 bridgehead atoms. The highest BCUT2D eigenvalue weighted by molar-refractivity contribution is 5.78. The molecule has 1 unspecified atom stereocenters. The van der Waals surface area contributed by atoms with Gasteiger partial charge >= 0.3 is 0 Å². The number of hydrogen-bond donors (Lipinski definition) is 1. The molecule has 1 saturated heterocycles. The predicted molar refractivity (Wildman–Crippen MR) is 55.9 cm³/mol. The van der Waals surface area contributed by atoms with E-state index < -0.39 is 5.60 Å². The summed E-state index contributed by atoms with van der Waals surface area (Å²) in [6, 6.07) is 0. The minimum absolute atomic E-state index is 0.123. The molecule has 3 heteroatoms. The molecule has 82 valence electrons. The van der Waals surface area contributed by atoms with Crippen LogP contribution in [0.1, 0.15) is 40.0 Å². The summed E-state index contributed by atoms with van der Waals surface area (Å²) < 4.78 is 0. The Morgan fingerprint density at radius 2 is 2.00 bits per heavy atom. The highest BCUT2D eigenvalue weighted by atomic mass is 16.3. The average molecular weight is 199 g/mol. The summed E-state index contributed by atoms with van der Waals surface area (Å²) in [5.74, 6) is 0.362. The molecule has 0 aliphatic carbocycles. The van der Waals surface area contributed by atoms with Gasteiger partial charge in [-0.1, -0.05) is 13.8 Å². The van der Waals surface area contributed by atoms with Crippen LogP contribution in [0.4, 0.5) is 0 Å². The number of nitrogens with zero attached hydrogens (tertiary/aromatic N) is 1. The zero-order valence-electron chi connectivity index (χ0n) is 9.42. The third-order valence-electron chi connectivity index (χ3n) is 3.19. The van der Waals surface area contributed by atoms with Crippen LogP contribution in [0.15, 0.2) is 0 Å². The molecule has 1 atom stereocenters. The minimum atomic E-state index is -0.563. The van der Waals surface area contributed by atoms with Gasteiger partial charge in [0, 0.05) is 19.0 Å². The van der Waals surface area contributed by atoms with Gasteiger partial charge in [-0.05, 0) is 26.2 Å². The van der Waals surface area contributed by atoms with Crippen LogP contribution in [-0.2, 0) is 4.79 Å². The van der Waals surface area contributed by atoms with E-state index in [2.05, 4.69) is 0 Å². The van der Waals surface area contributed by atoms with Crippen molar-refractivity contribution in [3.63, 3.8) is 0 Å². The maximum Gasteiger partial charge on any atom is 0.225 e. The van der Waals surface area contributed by atoms with Gasteiger partial charge in [-0.25, -0.2) is 0 Å². The zero-order chi connectivity index (χ0) is 10.8. The molecule has 0 aromatic heterocycles. The third kappa shape index (κ3) is 2.71. The molecule has 3 nitrogen and oxygen atoms in total. The maximum absolute atomic E-state index is 11.8. The Morgan fingerprint density at radius 3 is 2.43 bits per heavy atom. The number of aliphatic hydroxyl groups is 1. The van der Waals surface area contributed by atoms with Crippen LogP contribution >= 0.6 is 0 Å². The first kappa shape index (κ1) is 11.5. The van der Waals surface area contributed by atoms with Crippen molar-refractivity contribution in [2.45, 2.75) is 45.6 Å². The number of likely N-dealkylation sites (tertiary alicyclic amines) is 1. The second-order valence-corrected chi connectivity index (χ2v) is 4.63. The topological polar surface area (TPSA) is 40.5 Å². The molecule has 1 heterocycles. The van der Waals surface area contributed by atoms with Gasteiger partial charge in [0.2, 0.25) is 5.91 Å². The summed E-state index contributed by atoms with van der Waals surface area (Å²) in [5.41, 5.74) is -0.563. The number of carbonyl (C=O) groups excluding carboxylic acids is 1. The van der Waals surface area contributed by atoms with Crippen molar-refractivity contribution in [3.05, 3.63) is 0 Å². The highest BCUT2D eigenvalue weighted by Gasteiger charge is 2.30. The fourth-order valence-corrected chi connectivity index (χ4v) is 1.70. The van der Waals surface area contributed by atoms with Crippen molar-refractivity contribution in [2.24, 2.45) is 5.92 Å². The summed E-state index contributed by atoms with van der Waals surface area (Å²) in [5, 5.41) is 9.73. The van der Waals surface area contributed by atoms with Gasteiger partial charge in [-0.15, -0.1) is 0 Å². The van der Waals surface area contributed by atoms with E-state index in [9.17, 15) is 9.90 Å². The smallest absolute Gasteiger partial charge is 0.225 e. The van der Waals surface area contributed by atoms with Crippen molar-refractivity contribution in [1.82, 2.24) is 4.90 Å². The lowest BCUT2D eigenvalue weighted by Crippen LogP contribution is -2.46. The van der Waals surface area contributed by atoms with Crippen molar-refractivity contribution in [2.75, 3.05) is 13.1 Å². The van der Waals surface area contributed by atoms with E-state index in [1.165, 1.54) is 0 Å². The van der Waals surface area contributed by atoms with Crippen LogP contribution in [-0.4, -0.2) is 34.6 Å². The van der Waals surface area contributed by atoms with Crippen LogP contribution in [0.2, 0.25) is 0 Å². The number of rotatable bonds is 2. The Kier molecular flexibility index (Phi) is 3.53. The lowest BCUT2D eigenvalue weighted by Gasteiger charge is -2.36. The van der Waals surface area contributed by atoms with E-state index in [1.54, 1.807) is 0 Å². The van der Waals surface area contributed by atoms with Gasteiger partial charge in [-0.3, -0.25) is 4.79 Å². The van der Waals surface area contributed by atoms with Gasteiger partial charge in [0.05, 0.1) is 5.60 Å². The van der Waals surface area contributed by atoms with Crippen molar-refractivity contribution in [1.29, 1.82) is 0 Å². The normalized spacial score (nSPS) is 23.3. The predicted octanol–water partition coefficient (Wildman–Crippen LogP) is 1.41. The van der Waals surface area contributed by atoms with Crippen LogP contribution < -0.4 is 0 Å². The standard InChI is InChI=1S/C11H21NO2/c1-4-9(2)10(13)12-7-5-11(3,14)6-8-12/h9,14H,4-8H2,1-3H3. The molecule has 1 amide bonds. The lowest BCUT2D eigenvalue weighted by atomic mass is 9.93. The number of piperidine rings is 1. The van der Waals surface area contributed by atoms with E-state index in [0.29, 0.717) is 25.9 Å². The quantitative estimate of drug-likeness (QED) is 0.730. The molecule has 1 rings (SSSR count). The highest BCUT2D eigenvalue weighted by Crippen LogP contribution is 2.22. The SMILES string of the molecule is CCC(C)C(=O)N1CCC(C)(O)CC1. The van der Waals surface area contributed by atoms with E-state index in [4.69, 9.17) is 0 Å². The number of amides is 1. The molecule has 1 aliphatic heterocycles. The van der Waals surface area contributed by atoms with Gasteiger partial charge in [0.15, 0.2) is 0 Å². The van der Waals surface area contributed by atoms with E-state index >= 15 is 0 Å². The Morgan fingerprint density at radius 1 is 1.50 bits per heavy atom. The molecular weight excluding hydrogens is 178 g/mol. The molecule has 0 aromatic rings. The summed E-state index contributed by atoms with van der Waals surface area (Å²) in [7, 11) is 0. The average Bonchev–Trinajstić information content (AvgIpc) is 2.15. The second kappa shape index (κ2) is 4.30. The Balaban J connectivity index is 2.46. The van der Waals surface area contributed by atoms with Gasteiger partial charge in [0.1, 0.15) is 0 Å². The Hall–Kier alpha value is -0.570. The van der Waals surface area contributed by atoms with E-state index in [1.807, 2.05) is 25.7 Å². The molecule has 0 aromatic carbocycles. The van der Waals surface area contributed by atoms with Crippen LogP contribution in [0.5, 0.6) is 0 Å². The van der Waals surface area contributed by atoms with Crippen molar-refractivity contribution >= 4 is 5.91 Å². The molecular formula is C11H21NO2. The summed E-state index contributed by atoms with van der Waals surface area (Å²) in [6.45, 7) is 7.25. The molecule has 0 spiro atoms. The fourth-order valence-electron chi connectivity index (χ4n) is 1.70. The van der Waals surface area contributed by atoms with Crippen LogP contribution in [0.3, 0.4) is 0 Å². The second-order valence-electron chi connectivity index (χ2n) is 4.63. The van der Waals surface area contributed by atoms with Gasteiger partial charge < -0.3 is 10.0 Å². The molecule has 0 saturated carbocycles. The largest absolute Gasteiger partial charge is 0.390 e. The molecule has 0 radical (unpaired) electrons. The number of hydrogen-bond acceptors (Lipinski definition) is 2. The Labute approximate surface area is 86.1 Å². The first-order valence-electron chi connectivity index (χ1n) is 5.47.